The average Bonchev–Trinajstić information content (AvgIpc) is 2.03. The zero-order valence-corrected chi connectivity index (χ0v) is 55.2. The fourth-order valence-corrected chi connectivity index (χ4v) is 12.7. The van der Waals surface area contributed by atoms with Crippen LogP contribution in [-0.4, -0.2) is 158 Å². The van der Waals surface area contributed by atoms with Crippen molar-refractivity contribution in [2.75, 3.05) is 19.7 Å². The number of nitrogens with two attached hydrogens (primary N) is 1. The predicted molar refractivity (Wildman–Crippen MR) is 339 cm³/mol. The van der Waals surface area contributed by atoms with Crippen LogP contribution in [-0.2, 0) is 70.3 Å². The van der Waals surface area contributed by atoms with E-state index in [4.69, 9.17) is 19.9 Å². The Morgan fingerprint density at radius 2 is 1.35 bits per heavy atom. The van der Waals surface area contributed by atoms with Crippen LogP contribution in [0.5, 0.6) is 5.75 Å². The molecule has 0 aliphatic carbocycles. The zero-order valence-electron chi connectivity index (χ0n) is 53.6. The van der Waals surface area contributed by atoms with E-state index in [1.165, 1.54) is 20.8 Å². The van der Waals surface area contributed by atoms with Crippen molar-refractivity contribution in [2.24, 2.45) is 11.7 Å². The first-order valence-electron chi connectivity index (χ1n) is 29.7. The van der Waals surface area contributed by atoms with Crippen LogP contribution in [0.2, 0.25) is 0 Å². The van der Waals surface area contributed by atoms with E-state index in [-0.39, 0.29) is 64.1 Å². The summed E-state index contributed by atoms with van der Waals surface area (Å²) in [6.45, 7) is 23.3. The highest BCUT2D eigenvalue weighted by molar-refractivity contribution is 8.77. The van der Waals surface area contributed by atoms with Crippen molar-refractivity contribution in [3.8, 4) is 5.75 Å². The molecule has 1 aliphatic heterocycles. The molecule has 2 aromatic carbocycles. The average molecular weight is 1280 g/mol. The van der Waals surface area contributed by atoms with Crippen LogP contribution in [0.25, 0.3) is 10.9 Å². The molecule has 1 aromatic heterocycles. The van der Waals surface area contributed by atoms with Gasteiger partial charge in [0.15, 0.2) is 5.78 Å². The molecule has 492 valence electrons. The first-order chi connectivity index (χ1) is 41.4. The van der Waals surface area contributed by atoms with E-state index in [1.807, 2.05) is 25.1 Å². The largest absolute Gasteiger partial charge is 0.492 e. The number of ether oxygens (including phenoxy) is 3. The third-order valence-electron chi connectivity index (χ3n) is 14.2. The second-order valence-electron chi connectivity index (χ2n) is 25.4. The van der Waals surface area contributed by atoms with Crippen LogP contribution in [0.1, 0.15) is 145 Å². The van der Waals surface area contributed by atoms with Gasteiger partial charge in [-0.05, 0) is 144 Å². The standard InChI is InChI=1S/C62H92N10O15S2/c1-34-18-17-19-42-40(33-66-48(34)42)31-44-53(78)68-43(20-15-16-27-64-36(3)73)52(77)72-50(46(75)26-23-39(57(82)83)30-38-21-24-41(25-22-38)85-29-28-65-58(84)87-60(8,9)10)61(11,12)88-89-62(13,14)51(67-37(4)74)56(81)70-45(32-47(63)76)54(79)71-49(55(80)69-44)35(2)86-59(5,6)7/h17-19,21-22,24-25,33,35,39,43-45,49-51,66H,15-16,20,23,26-32H2,1-14H3,(H2,63,76)(H,64,73)(H,65,84)(H,67,74)(H,68,78)(H,69,80)(H,70,81)(H,71,79)(H,72,77)(H,82,83)/t35-,39+,43+,44+,45+,49+,50-,51-/m1/s1. The number of hydrogen-bond donors (Lipinski definition) is 11. The van der Waals surface area contributed by atoms with Crippen molar-refractivity contribution < 1.29 is 72.1 Å². The molecule has 1 fully saturated rings. The van der Waals surface area contributed by atoms with Gasteiger partial charge in [-0.1, -0.05) is 51.9 Å². The van der Waals surface area contributed by atoms with Crippen molar-refractivity contribution >= 4 is 97.6 Å². The first kappa shape index (κ1) is 74.1. The monoisotopic (exact) mass is 1280 g/mol. The second-order valence-corrected chi connectivity index (χ2v) is 28.8. The number of fused-ring (bicyclic) bond motifs is 1. The van der Waals surface area contributed by atoms with Gasteiger partial charge >= 0.3 is 12.1 Å². The number of aliphatic carboxylic acids is 1. The number of hydrogen-bond acceptors (Lipinski definition) is 16. The highest BCUT2D eigenvalue weighted by atomic mass is 33.1. The van der Waals surface area contributed by atoms with Crippen molar-refractivity contribution in [3.05, 3.63) is 65.4 Å². The van der Waals surface area contributed by atoms with E-state index in [0.29, 0.717) is 23.3 Å². The lowest BCUT2D eigenvalue weighted by Gasteiger charge is -2.39. The molecule has 8 atom stereocenters. The Balaban J connectivity index is 1.84. The molecule has 0 spiro atoms. The van der Waals surface area contributed by atoms with Crippen molar-refractivity contribution in [3.63, 3.8) is 0 Å². The van der Waals surface area contributed by atoms with Gasteiger partial charge in [0.1, 0.15) is 54.2 Å². The van der Waals surface area contributed by atoms with Crippen LogP contribution in [0.4, 0.5) is 4.79 Å². The molecule has 9 amide bonds. The molecule has 4 rings (SSSR count). The number of rotatable bonds is 23. The number of H-pyrrole nitrogens is 1. The van der Waals surface area contributed by atoms with E-state index in [9.17, 15) is 43.5 Å². The number of aromatic amines is 1. The van der Waals surface area contributed by atoms with Crippen LogP contribution >= 0.6 is 21.6 Å². The Labute approximate surface area is 528 Å². The van der Waals surface area contributed by atoms with Crippen molar-refractivity contribution in [2.45, 2.75) is 211 Å². The van der Waals surface area contributed by atoms with Gasteiger partial charge in [-0.3, -0.25) is 47.9 Å². The van der Waals surface area contributed by atoms with Gasteiger partial charge in [-0.15, -0.1) is 0 Å². The Kier molecular flexibility index (Phi) is 27.4. The SMILES string of the molecule is CC(=O)NCCCC[C@@H]1NC(=O)[C@H](Cc2c[nH]c3c(C)cccc23)NC(=O)[C@H]([C@@H](C)OC(C)(C)C)NC(=O)[C@H](CC(N)=O)NC(=O)[C@@H](NC(C)=O)C(C)(C)SSC(C)(C)[C@@H](C(=O)CC[C@@H](Cc2ccc(OCCNC(=O)OC(C)(C)C)cc2)C(=O)O)NC1=O. The topological polar surface area (TPSA) is 374 Å². The number of Topliss-reactive ketones (excluding diaryl/α,β-unsaturated/α-hetero) is 1. The van der Waals surface area contributed by atoms with Crippen LogP contribution in [0.15, 0.2) is 48.7 Å². The number of nitrogens with one attached hydrogen (secondary N) is 9. The fraction of sp³-hybridized carbons (Fsp3) is 0.597. The Morgan fingerprint density at radius 3 is 1.96 bits per heavy atom. The maximum Gasteiger partial charge on any atom is 0.407 e. The van der Waals surface area contributed by atoms with E-state index < -0.39 is 135 Å². The normalized spacial score (nSPS) is 21.3. The maximum absolute atomic E-state index is 15.2. The van der Waals surface area contributed by atoms with Crippen LogP contribution < -0.4 is 53.0 Å². The fourth-order valence-electron chi connectivity index (χ4n) is 9.81. The van der Waals surface area contributed by atoms with E-state index in [1.54, 1.807) is 99.7 Å². The molecule has 25 nitrogen and oxygen atoms in total. The number of carboxylic acids is 1. The van der Waals surface area contributed by atoms with E-state index >= 15 is 14.4 Å². The third-order valence-corrected chi connectivity index (χ3v) is 18.5. The van der Waals surface area contributed by atoms with E-state index in [2.05, 4.69) is 47.5 Å². The molecule has 2 heterocycles. The molecule has 0 unspecified atom stereocenters. The number of carboxylic acid groups (broad SMARTS) is 1. The Bertz CT molecular complexity index is 3010. The minimum Gasteiger partial charge on any atom is -0.492 e. The third kappa shape index (κ3) is 24.5. The predicted octanol–water partition coefficient (Wildman–Crippen LogP) is 4.48. The summed E-state index contributed by atoms with van der Waals surface area (Å²) < 4.78 is 14.5. The zero-order chi connectivity index (χ0) is 66.8. The first-order valence-corrected chi connectivity index (χ1v) is 31.9. The van der Waals surface area contributed by atoms with E-state index in [0.717, 1.165) is 38.1 Å². The maximum atomic E-state index is 15.2. The molecule has 1 saturated heterocycles. The van der Waals surface area contributed by atoms with Gasteiger partial charge in [-0.2, -0.15) is 0 Å². The lowest BCUT2D eigenvalue weighted by atomic mass is 9.89. The number of alkyl carbamates (subject to hydrolysis) is 1. The number of primary amides is 1. The lowest BCUT2D eigenvalue weighted by Crippen LogP contribution is -2.64. The summed E-state index contributed by atoms with van der Waals surface area (Å²) in [5, 5.41) is 33.0. The number of para-hydroxylation sites is 1. The molecule has 27 heteroatoms. The van der Waals surface area contributed by atoms with Gasteiger partial charge in [-0.25, -0.2) is 4.79 Å². The van der Waals surface area contributed by atoms with Crippen LogP contribution in [0, 0.1) is 12.8 Å². The number of carbonyl (C=O) groups is 11. The second kappa shape index (κ2) is 32.9. The van der Waals surface area contributed by atoms with Gasteiger partial charge in [0.05, 0.1) is 30.6 Å². The summed E-state index contributed by atoms with van der Waals surface area (Å²) in [5.41, 5.74) is 6.92. The summed E-state index contributed by atoms with van der Waals surface area (Å²) in [7, 11) is 2.11. The number of amides is 9. The summed E-state index contributed by atoms with van der Waals surface area (Å²) in [6.07, 6.45) is -0.966. The number of ketones is 1. The molecule has 12 N–H and O–H groups in total. The number of benzene rings is 2. The smallest absolute Gasteiger partial charge is 0.407 e. The quantitative estimate of drug-likeness (QED) is 0.0460. The summed E-state index contributed by atoms with van der Waals surface area (Å²) in [4.78, 5) is 155. The summed E-state index contributed by atoms with van der Waals surface area (Å²) in [5.74, 6) is -8.94. The molecule has 0 radical (unpaired) electrons. The molecule has 89 heavy (non-hydrogen) atoms. The number of carbonyl (C=O) groups excluding carboxylic acids is 10. The van der Waals surface area contributed by atoms with Gasteiger partial charge in [0.2, 0.25) is 47.3 Å². The van der Waals surface area contributed by atoms with Gasteiger partial charge in [0.25, 0.3) is 0 Å². The highest BCUT2D eigenvalue weighted by Gasteiger charge is 2.45. The van der Waals surface area contributed by atoms with Crippen molar-refractivity contribution in [1.82, 2.24) is 47.5 Å². The van der Waals surface area contributed by atoms with Crippen LogP contribution in [0.3, 0.4) is 0 Å². The molecule has 0 bridgehead atoms. The number of aryl methyl sites for hydroxylation is 1. The minimum atomic E-state index is -1.73. The van der Waals surface area contributed by atoms with Gasteiger partial charge < -0.3 is 72.6 Å². The lowest BCUT2D eigenvalue weighted by molar-refractivity contribution is -0.142. The van der Waals surface area contributed by atoms with Crippen molar-refractivity contribution in [1.29, 1.82) is 0 Å². The van der Waals surface area contributed by atoms with Gasteiger partial charge in [0, 0.05) is 59.8 Å². The number of aromatic nitrogens is 1. The highest BCUT2D eigenvalue weighted by Crippen LogP contribution is 2.47. The molecular formula is C62H92N10O15S2. The Hall–Kier alpha value is -7.39. The molecule has 1 aliphatic rings. The summed E-state index contributed by atoms with van der Waals surface area (Å²) in [6, 6.07) is 3.08. The molecular weight excluding hydrogens is 1190 g/mol. The molecule has 0 saturated carbocycles. The minimum absolute atomic E-state index is 0.00257. The number of unbranched alkanes of at least 4 members (excludes halogenated alkanes) is 1. The Morgan fingerprint density at radius 1 is 0.730 bits per heavy atom. The summed E-state index contributed by atoms with van der Waals surface area (Å²) >= 11 is 0. The molecule has 3 aromatic rings.